The van der Waals surface area contributed by atoms with Crippen molar-refractivity contribution in [3.63, 3.8) is 0 Å². The maximum Gasteiger partial charge on any atom is 0.246 e. The molecule has 0 aliphatic carbocycles. The van der Waals surface area contributed by atoms with E-state index < -0.39 is 22.4 Å². The van der Waals surface area contributed by atoms with E-state index in [0.717, 1.165) is 12.1 Å². The number of hydrogen-bond acceptors (Lipinski definition) is 3. The van der Waals surface area contributed by atoms with Crippen molar-refractivity contribution in [3.05, 3.63) is 45.8 Å². The van der Waals surface area contributed by atoms with E-state index in [-0.39, 0.29) is 0 Å². The van der Waals surface area contributed by atoms with Crippen LogP contribution in [0.2, 0.25) is 0 Å². The topological polar surface area (TPSA) is 63.4 Å². The van der Waals surface area contributed by atoms with Crippen molar-refractivity contribution in [1.29, 1.82) is 0 Å². The molecule has 1 N–H and O–H groups in total. The van der Waals surface area contributed by atoms with Crippen LogP contribution < -0.4 is 0 Å². The molecule has 1 atom stereocenters. The molecule has 1 aromatic carbocycles. The average Bonchev–Trinajstić information content (AvgIpc) is 2.17. The highest BCUT2D eigenvalue weighted by Crippen LogP contribution is 2.27. The molecular formula is C10H12FNO3. The first-order chi connectivity index (χ1) is 6.85. The third-order valence-corrected chi connectivity index (χ3v) is 2.33. The van der Waals surface area contributed by atoms with Crippen molar-refractivity contribution in [3.8, 4) is 0 Å². The van der Waals surface area contributed by atoms with E-state index in [0.29, 0.717) is 5.56 Å². The highest BCUT2D eigenvalue weighted by atomic mass is 19.1. The molecule has 15 heavy (non-hydrogen) atoms. The number of nitro groups is 1. The van der Waals surface area contributed by atoms with Crippen LogP contribution in [0.15, 0.2) is 24.3 Å². The number of aliphatic hydroxyl groups is 1. The van der Waals surface area contributed by atoms with Gasteiger partial charge in [-0.15, -0.1) is 0 Å². The Balaban J connectivity index is 2.99. The highest BCUT2D eigenvalue weighted by molar-refractivity contribution is 5.20. The van der Waals surface area contributed by atoms with Crippen LogP contribution in [0, 0.1) is 15.9 Å². The zero-order valence-electron chi connectivity index (χ0n) is 8.48. The molecule has 0 saturated heterocycles. The molecule has 0 amide bonds. The Bertz CT molecular complexity index is 361. The minimum Gasteiger partial charge on any atom is -0.381 e. The molecule has 0 unspecified atom stereocenters. The van der Waals surface area contributed by atoms with Crippen LogP contribution in [0.3, 0.4) is 0 Å². The van der Waals surface area contributed by atoms with Crippen molar-refractivity contribution in [1.82, 2.24) is 0 Å². The Morgan fingerprint density at radius 3 is 2.27 bits per heavy atom. The van der Waals surface area contributed by atoms with Crippen molar-refractivity contribution in [2.45, 2.75) is 25.5 Å². The largest absolute Gasteiger partial charge is 0.381 e. The van der Waals surface area contributed by atoms with Crippen LogP contribution >= 0.6 is 0 Å². The lowest BCUT2D eigenvalue weighted by atomic mass is 9.92. The number of rotatable bonds is 3. The third-order valence-electron chi connectivity index (χ3n) is 2.33. The molecule has 0 aromatic heterocycles. The van der Waals surface area contributed by atoms with Crippen molar-refractivity contribution in [2.75, 3.05) is 0 Å². The number of hydrogen-bond donors (Lipinski definition) is 1. The number of nitrogens with zero attached hydrogens (tertiary/aromatic N) is 1. The normalized spacial score (nSPS) is 13.6. The second-order valence-corrected chi connectivity index (χ2v) is 3.86. The van der Waals surface area contributed by atoms with Crippen molar-refractivity contribution >= 4 is 0 Å². The van der Waals surface area contributed by atoms with Gasteiger partial charge in [-0.1, -0.05) is 12.1 Å². The van der Waals surface area contributed by atoms with Gasteiger partial charge >= 0.3 is 0 Å². The average molecular weight is 213 g/mol. The van der Waals surface area contributed by atoms with Crippen molar-refractivity contribution < 1.29 is 14.4 Å². The lowest BCUT2D eigenvalue weighted by Crippen LogP contribution is -2.38. The molecular weight excluding hydrogens is 201 g/mol. The fourth-order valence-corrected chi connectivity index (χ4v) is 1.15. The molecule has 4 nitrogen and oxygen atoms in total. The monoisotopic (exact) mass is 213 g/mol. The Morgan fingerprint density at radius 1 is 1.40 bits per heavy atom. The zero-order valence-corrected chi connectivity index (χ0v) is 8.48. The summed E-state index contributed by atoms with van der Waals surface area (Å²) < 4.78 is 12.6. The first-order valence-corrected chi connectivity index (χ1v) is 4.43. The Morgan fingerprint density at radius 2 is 1.87 bits per heavy atom. The summed E-state index contributed by atoms with van der Waals surface area (Å²) in [5, 5.41) is 20.4. The summed E-state index contributed by atoms with van der Waals surface area (Å²) in [5.41, 5.74) is -1.16. The fraction of sp³-hybridized carbons (Fsp3) is 0.400. The molecule has 1 rings (SSSR count). The van der Waals surface area contributed by atoms with Gasteiger partial charge in [0.1, 0.15) is 11.9 Å². The van der Waals surface area contributed by atoms with Gasteiger partial charge in [0.25, 0.3) is 0 Å². The molecule has 0 bridgehead atoms. The standard InChI is InChI=1S/C10H12FNO3/c1-10(2,12(14)15)9(13)7-3-5-8(11)6-4-7/h3-6,9,13H,1-2H3/t9-/m1/s1. The molecule has 0 fully saturated rings. The quantitative estimate of drug-likeness (QED) is 0.616. The van der Waals surface area contributed by atoms with Gasteiger partial charge in [-0.25, -0.2) is 4.39 Å². The summed E-state index contributed by atoms with van der Waals surface area (Å²) in [5.74, 6) is -0.440. The fourth-order valence-electron chi connectivity index (χ4n) is 1.15. The Labute approximate surface area is 86.5 Å². The summed E-state index contributed by atoms with van der Waals surface area (Å²) in [6, 6.07) is 5.00. The van der Waals surface area contributed by atoms with Crippen LogP contribution in [0.25, 0.3) is 0 Å². The van der Waals surface area contributed by atoms with Gasteiger partial charge in [0, 0.05) is 18.8 Å². The van der Waals surface area contributed by atoms with Gasteiger partial charge in [-0.3, -0.25) is 10.1 Å². The second-order valence-electron chi connectivity index (χ2n) is 3.86. The maximum absolute atomic E-state index is 12.6. The van der Waals surface area contributed by atoms with Crippen LogP contribution in [-0.4, -0.2) is 15.6 Å². The molecule has 1 aromatic rings. The van der Waals surface area contributed by atoms with Crippen LogP contribution in [0.5, 0.6) is 0 Å². The summed E-state index contributed by atoms with van der Waals surface area (Å²) in [7, 11) is 0. The van der Waals surface area contributed by atoms with E-state index in [9.17, 15) is 19.6 Å². The molecule has 0 aliphatic rings. The van der Waals surface area contributed by atoms with E-state index >= 15 is 0 Å². The van der Waals surface area contributed by atoms with Gasteiger partial charge in [0.2, 0.25) is 5.54 Å². The SMILES string of the molecule is CC(C)([C@H](O)c1ccc(F)cc1)[N+](=O)[O-]. The molecule has 0 radical (unpaired) electrons. The number of aliphatic hydroxyl groups excluding tert-OH is 1. The number of benzene rings is 1. The smallest absolute Gasteiger partial charge is 0.246 e. The summed E-state index contributed by atoms with van der Waals surface area (Å²) in [6.07, 6.45) is -1.26. The predicted molar refractivity (Wildman–Crippen MR) is 52.4 cm³/mol. The van der Waals surface area contributed by atoms with Crippen LogP contribution in [-0.2, 0) is 0 Å². The van der Waals surface area contributed by atoms with Gasteiger partial charge in [0.15, 0.2) is 0 Å². The van der Waals surface area contributed by atoms with Gasteiger partial charge in [0.05, 0.1) is 0 Å². The predicted octanol–water partition coefficient (Wildman–Crippen LogP) is 1.91. The van der Waals surface area contributed by atoms with Gasteiger partial charge in [-0.05, 0) is 17.7 Å². The molecule has 0 spiro atoms. The van der Waals surface area contributed by atoms with Crippen LogP contribution in [0.4, 0.5) is 4.39 Å². The zero-order chi connectivity index (χ0) is 11.6. The van der Waals surface area contributed by atoms with Gasteiger partial charge in [-0.2, -0.15) is 0 Å². The first-order valence-electron chi connectivity index (χ1n) is 4.43. The van der Waals surface area contributed by atoms with E-state index in [1.807, 2.05) is 0 Å². The van der Waals surface area contributed by atoms with E-state index in [1.54, 1.807) is 0 Å². The number of halogens is 1. The Kier molecular flexibility index (Phi) is 3.04. The molecule has 0 saturated carbocycles. The van der Waals surface area contributed by atoms with Gasteiger partial charge < -0.3 is 5.11 Å². The minimum absolute atomic E-state index is 0.332. The lowest BCUT2D eigenvalue weighted by molar-refractivity contribution is -0.575. The second kappa shape index (κ2) is 3.94. The minimum atomic E-state index is -1.49. The van der Waals surface area contributed by atoms with E-state index in [1.165, 1.54) is 26.0 Å². The molecule has 82 valence electrons. The lowest BCUT2D eigenvalue weighted by Gasteiger charge is -2.22. The molecule has 0 heterocycles. The molecule has 0 aliphatic heterocycles. The van der Waals surface area contributed by atoms with E-state index in [2.05, 4.69) is 0 Å². The molecule has 5 heteroatoms. The highest BCUT2D eigenvalue weighted by Gasteiger charge is 2.40. The van der Waals surface area contributed by atoms with Crippen LogP contribution in [0.1, 0.15) is 25.5 Å². The van der Waals surface area contributed by atoms with E-state index in [4.69, 9.17) is 0 Å². The first kappa shape index (κ1) is 11.6. The summed E-state index contributed by atoms with van der Waals surface area (Å²) in [4.78, 5) is 10.1. The summed E-state index contributed by atoms with van der Waals surface area (Å²) >= 11 is 0. The third kappa shape index (κ3) is 2.30. The maximum atomic E-state index is 12.6. The van der Waals surface area contributed by atoms with Crippen molar-refractivity contribution in [2.24, 2.45) is 0 Å². The Hall–Kier alpha value is -1.49. The summed E-state index contributed by atoms with van der Waals surface area (Å²) in [6.45, 7) is 2.64.